The van der Waals surface area contributed by atoms with Gasteiger partial charge in [0.15, 0.2) is 0 Å². The van der Waals surface area contributed by atoms with E-state index in [1.165, 1.54) is 68.6 Å². The van der Waals surface area contributed by atoms with Crippen LogP contribution in [0.5, 0.6) is 5.75 Å². The first-order valence-corrected chi connectivity index (χ1v) is 16.1. The minimum absolute atomic E-state index is 0.0395. The molecule has 4 aromatic rings. The van der Waals surface area contributed by atoms with Gasteiger partial charge in [-0.3, -0.25) is 18.7 Å². The van der Waals surface area contributed by atoms with Crippen LogP contribution >= 0.6 is 0 Å². The summed E-state index contributed by atoms with van der Waals surface area (Å²) in [4.78, 5) is 23.8. The first-order chi connectivity index (χ1) is 22.0. The summed E-state index contributed by atoms with van der Waals surface area (Å²) in [5.74, 6) is -1.09. The van der Waals surface area contributed by atoms with E-state index in [4.69, 9.17) is 15.0 Å². The minimum atomic E-state index is -4.92. The van der Waals surface area contributed by atoms with Gasteiger partial charge in [0.05, 0.1) is 34.8 Å². The lowest BCUT2D eigenvalue weighted by Gasteiger charge is -2.14. The van der Waals surface area contributed by atoms with Crippen LogP contribution in [0.1, 0.15) is 22.8 Å². The van der Waals surface area contributed by atoms with Crippen molar-refractivity contribution in [3.05, 3.63) is 83.9 Å². The Kier molecular flexibility index (Phi) is 10.1. The molecule has 4 aromatic carbocycles. The van der Waals surface area contributed by atoms with Gasteiger partial charge in [-0.25, -0.2) is 0 Å². The Morgan fingerprint density at radius 1 is 0.745 bits per heavy atom. The number of anilines is 3. The number of nitrogen functional groups attached to an aromatic ring is 1. The zero-order valence-corrected chi connectivity index (χ0v) is 26.5. The fourth-order valence-electron chi connectivity index (χ4n) is 4.00. The molecule has 2 amide bonds. The maximum absolute atomic E-state index is 12.8. The second-order valence-corrected chi connectivity index (χ2v) is 12.6. The van der Waals surface area contributed by atoms with Crippen molar-refractivity contribution in [3.8, 4) is 5.75 Å². The molecule has 0 spiro atoms. The fourth-order valence-corrected chi connectivity index (χ4v) is 5.13. The van der Waals surface area contributed by atoms with Gasteiger partial charge in [-0.15, -0.1) is 10.2 Å². The lowest BCUT2D eigenvalue weighted by atomic mass is 10.1. The summed E-state index contributed by atoms with van der Waals surface area (Å²) in [5, 5.41) is 21.4. The Labute approximate surface area is 268 Å². The number of methoxy groups -OCH3 is 1. The number of carbonyl (C=O) groups excluding carboxylic acids is 2. The topological polar surface area (TPSA) is 252 Å². The van der Waals surface area contributed by atoms with E-state index in [1.54, 1.807) is 13.0 Å². The summed E-state index contributed by atoms with van der Waals surface area (Å²) in [6.07, 6.45) is 0. The minimum Gasteiger partial charge on any atom is -0.494 e. The SMILES string of the molecule is COc1cc(N=Nc2ccc(S(=O)(=O)O)cc2)c(C)cc1N=Nc1cc(S(=O)(=O)O)c(NC(=O)c2ccc(N)cc2)cc1NC(C)=O. The molecule has 0 radical (unpaired) electrons. The van der Waals surface area contributed by atoms with E-state index in [0.29, 0.717) is 22.6 Å². The van der Waals surface area contributed by atoms with Crippen LogP contribution in [0.15, 0.2) is 103 Å². The van der Waals surface area contributed by atoms with Gasteiger partial charge in [-0.2, -0.15) is 27.1 Å². The van der Waals surface area contributed by atoms with Crippen molar-refractivity contribution >= 4 is 71.9 Å². The third kappa shape index (κ3) is 8.79. The van der Waals surface area contributed by atoms with E-state index >= 15 is 0 Å². The van der Waals surface area contributed by atoms with Crippen LogP contribution < -0.4 is 21.1 Å². The molecule has 0 unspecified atom stereocenters. The predicted molar refractivity (Wildman–Crippen MR) is 172 cm³/mol. The van der Waals surface area contributed by atoms with Crippen LogP contribution in [0.4, 0.5) is 39.8 Å². The van der Waals surface area contributed by atoms with Crippen molar-refractivity contribution in [1.82, 2.24) is 0 Å². The average molecular weight is 682 g/mol. The number of hydrogen-bond acceptors (Lipinski definition) is 12. The first kappa shape index (κ1) is 34.3. The average Bonchev–Trinajstić information content (AvgIpc) is 2.99. The molecule has 6 N–H and O–H groups in total. The predicted octanol–water partition coefficient (Wildman–Crippen LogP) is 6.12. The van der Waals surface area contributed by atoms with Gasteiger partial charge >= 0.3 is 0 Å². The molecule has 0 saturated carbocycles. The number of nitrogens with zero attached hydrogens (tertiary/aromatic N) is 4. The van der Waals surface area contributed by atoms with Crippen molar-refractivity contribution in [1.29, 1.82) is 0 Å². The molecule has 0 aliphatic rings. The highest BCUT2D eigenvalue weighted by atomic mass is 32.2. The number of nitrogens with one attached hydrogen (secondary N) is 2. The lowest BCUT2D eigenvalue weighted by Crippen LogP contribution is -2.16. The Bertz CT molecular complexity index is 2130. The molecule has 0 fully saturated rings. The number of rotatable bonds is 10. The Balaban J connectivity index is 1.70. The standard InChI is InChI=1S/C29H27N7O9S2/c1-16-12-25(27(45-3)14-22(16)34-33-20-8-10-21(11-9-20)46(39,40)41)36-35-24-15-28(47(42,43)44)26(13-23(24)31-17(2)37)32-29(38)18-4-6-19(30)7-5-18/h4-15H,30H2,1-3H3,(H,31,37)(H,32,38)(H,39,40,41)(H,42,43,44). The van der Waals surface area contributed by atoms with E-state index in [9.17, 15) is 31.0 Å². The molecule has 4 rings (SSSR count). The largest absolute Gasteiger partial charge is 0.494 e. The number of nitrogens with two attached hydrogens (primary N) is 1. The highest BCUT2D eigenvalue weighted by molar-refractivity contribution is 7.86. The molecule has 0 atom stereocenters. The van der Waals surface area contributed by atoms with Crippen molar-refractivity contribution < 1.29 is 40.3 Å². The van der Waals surface area contributed by atoms with Crippen LogP contribution in [-0.4, -0.2) is 44.9 Å². The molecule has 0 bridgehead atoms. The second kappa shape index (κ2) is 13.8. The molecule has 0 heterocycles. The van der Waals surface area contributed by atoms with Gasteiger partial charge in [-0.1, -0.05) is 0 Å². The summed E-state index contributed by atoms with van der Waals surface area (Å²) in [5.41, 5.74) is 7.02. The zero-order chi connectivity index (χ0) is 34.5. The monoisotopic (exact) mass is 681 g/mol. The highest BCUT2D eigenvalue weighted by Crippen LogP contribution is 2.39. The van der Waals surface area contributed by atoms with E-state index in [-0.39, 0.29) is 39.0 Å². The molecule has 0 aliphatic heterocycles. The normalized spacial score (nSPS) is 11.9. The van der Waals surface area contributed by atoms with Gasteiger partial charge < -0.3 is 21.1 Å². The van der Waals surface area contributed by atoms with Gasteiger partial charge in [-0.05, 0) is 79.2 Å². The molecule has 0 saturated heterocycles. The molecule has 244 valence electrons. The molecule has 16 nitrogen and oxygen atoms in total. The van der Waals surface area contributed by atoms with E-state index in [1.807, 2.05) is 0 Å². The van der Waals surface area contributed by atoms with Crippen molar-refractivity contribution in [2.24, 2.45) is 20.5 Å². The Morgan fingerprint density at radius 2 is 1.36 bits per heavy atom. The maximum atomic E-state index is 12.8. The van der Waals surface area contributed by atoms with Crippen LogP contribution in [0.3, 0.4) is 0 Å². The molecule has 47 heavy (non-hydrogen) atoms. The van der Waals surface area contributed by atoms with Crippen LogP contribution in [0.2, 0.25) is 0 Å². The second-order valence-electron chi connectivity index (χ2n) is 9.78. The number of aryl methyl sites for hydroxylation is 1. The van der Waals surface area contributed by atoms with Crippen LogP contribution in [0, 0.1) is 6.92 Å². The lowest BCUT2D eigenvalue weighted by molar-refractivity contribution is -0.114. The van der Waals surface area contributed by atoms with E-state index < -0.39 is 36.9 Å². The number of azo groups is 2. The van der Waals surface area contributed by atoms with Gasteiger partial charge in [0.1, 0.15) is 22.0 Å². The Hall–Kier alpha value is -5.56. The molecule has 0 aromatic heterocycles. The maximum Gasteiger partial charge on any atom is 0.296 e. The number of hydrogen-bond donors (Lipinski definition) is 5. The third-order valence-corrected chi connectivity index (χ3v) is 8.04. The van der Waals surface area contributed by atoms with Crippen LogP contribution in [0.25, 0.3) is 0 Å². The molecule has 18 heteroatoms. The van der Waals surface area contributed by atoms with E-state index in [0.717, 1.165) is 12.1 Å². The van der Waals surface area contributed by atoms with E-state index in [2.05, 4.69) is 31.1 Å². The quantitative estimate of drug-likeness (QED) is 0.0728. The van der Waals surface area contributed by atoms with Gasteiger partial charge in [0.25, 0.3) is 26.1 Å². The zero-order valence-electron chi connectivity index (χ0n) is 24.9. The number of carbonyl (C=O) groups is 2. The Morgan fingerprint density at radius 3 is 1.94 bits per heavy atom. The van der Waals surface area contributed by atoms with Crippen molar-refractivity contribution in [2.45, 2.75) is 23.6 Å². The van der Waals surface area contributed by atoms with Crippen molar-refractivity contribution in [3.63, 3.8) is 0 Å². The molecule has 0 aliphatic carbocycles. The highest BCUT2D eigenvalue weighted by Gasteiger charge is 2.22. The fraction of sp³-hybridized carbons (Fsp3) is 0.103. The summed E-state index contributed by atoms with van der Waals surface area (Å²) in [7, 11) is -7.93. The number of ether oxygens (including phenoxy) is 1. The van der Waals surface area contributed by atoms with Crippen molar-refractivity contribution in [2.75, 3.05) is 23.5 Å². The summed E-state index contributed by atoms with van der Waals surface area (Å²) >= 11 is 0. The van der Waals surface area contributed by atoms with Gasteiger partial charge in [0, 0.05) is 24.2 Å². The number of amides is 2. The first-order valence-electron chi connectivity index (χ1n) is 13.2. The molecular weight excluding hydrogens is 654 g/mol. The molecular formula is C29H27N7O9S2. The number of benzene rings is 4. The van der Waals surface area contributed by atoms with Gasteiger partial charge in [0.2, 0.25) is 5.91 Å². The van der Waals surface area contributed by atoms with Crippen LogP contribution in [-0.2, 0) is 25.0 Å². The summed E-state index contributed by atoms with van der Waals surface area (Å²) in [6.45, 7) is 2.89. The summed E-state index contributed by atoms with van der Waals surface area (Å²) < 4.78 is 71.7. The summed E-state index contributed by atoms with van der Waals surface area (Å²) in [6, 6.07) is 15.9. The third-order valence-electron chi connectivity index (χ3n) is 6.28. The smallest absolute Gasteiger partial charge is 0.296 e.